The molecule has 1 aliphatic rings. The van der Waals surface area contributed by atoms with E-state index < -0.39 is 11.1 Å². The van der Waals surface area contributed by atoms with Gasteiger partial charge in [-0.3, -0.25) is 0 Å². The highest BCUT2D eigenvalue weighted by Gasteiger charge is 2.36. The van der Waals surface area contributed by atoms with Crippen LogP contribution in [0.5, 0.6) is 0 Å². The van der Waals surface area contributed by atoms with Crippen LogP contribution in [-0.2, 0) is 0 Å². The fraction of sp³-hybridized carbons (Fsp3) is 0.733. The number of nitrogens with one attached hydrogen (secondary N) is 2. The van der Waals surface area contributed by atoms with E-state index in [4.69, 9.17) is 0 Å². The predicted octanol–water partition coefficient (Wildman–Crippen LogP) is 2.75. The van der Waals surface area contributed by atoms with Gasteiger partial charge in [-0.05, 0) is 47.5 Å². The molecular formula is C15H26N4O. The van der Waals surface area contributed by atoms with Gasteiger partial charge in [0.15, 0.2) is 0 Å². The number of hydrogen-bond acceptors (Lipinski definition) is 5. The zero-order valence-corrected chi connectivity index (χ0v) is 13.1. The maximum Gasteiger partial charge on any atom is 0.136 e. The first-order chi connectivity index (χ1) is 9.23. The first-order valence-corrected chi connectivity index (χ1v) is 7.36. The zero-order chi connectivity index (χ0) is 15.0. The lowest BCUT2D eigenvalue weighted by Crippen LogP contribution is -2.51. The van der Waals surface area contributed by atoms with Gasteiger partial charge in [0.05, 0.1) is 11.1 Å². The molecule has 0 radical (unpaired) electrons. The summed E-state index contributed by atoms with van der Waals surface area (Å²) in [6.07, 6.45) is 2.34. The average molecular weight is 278 g/mol. The molecule has 1 fully saturated rings. The van der Waals surface area contributed by atoms with Crippen molar-refractivity contribution >= 4 is 11.6 Å². The number of aliphatic hydroxyl groups is 1. The number of aromatic nitrogens is 2. The highest BCUT2D eigenvalue weighted by Crippen LogP contribution is 2.39. The van der Waals surface area contributed by atoms with Crippen LogP contribution >= 0.6 is 0 Å². The summed E-state index contributed by atoms with van der Waals surface area (Å²) in [5.41, 5.74) is -1.33. The van der Waals surface area contributed by atoms with Gasteiger partial charge in [0, 0.05) is 18.5 Å². The van der Waals surface area contributed by atoms with Crippen LogP contribution in [0.15, 0.2) is 6.07 Å². The molecule has 0 saturated heterocycles. The van der Waals surface area contributed by atoms with Crippen LogP contribution in [0, 0.1) is 0 Å². The summed E-state index contributed by atoms with van der Waals surface area (Å²) in [7, 11) is 0. The van der Waals surface area contributed by atoms with Crippen molar-refractivity contribution in [3.8, 4) is 0 Å². The van der Waals surface area contributed by atoms with Gasteiger partial charge in [-0.1, -0.05) is 0 Å². The van der Waals surface area contributed by atoms with Crippen molar-refractivity contribution in [1.29, 1.82) is 0 Å². The largest absolute Gasteiger partial charge is 0.388 e. The third-order valence-electron chi connectivity index (χ3n) is 4.01. The molecule has 1 saturated carbocycles. The van der Waals surface area contributed by atoms with E-state index in [1.165, 1.54) is 12.8 Å². The number of anilines is 2. The molecule has 1 heterocycles. The zero-order valence-electron chi connectivity index (χ0n) is 13.1. The van der Waals surface area contributed by atoms with Crippen LogP contribution in [0.2, 0.25) is 0 Å². The molecule has 0 atom stereocenters. The molecule has 20 heavy (non-hydrogen) atoms. The summed E-state index contributed by atoms with van der Waals surface area (Å²) in [5, 5.41) is 16.8. The summed E-state index contributed by atoms with van der Waals surface area (Å²) in [5.74, 6) is 3.01. The molecule has 1 aromatic rings. The fourth-order valence-electron chi connectivity index (χ4n) is 1.80. The summed E-state index contributed by atoms with van der Waals surface area (Å²) < 4.78 is 0. The van der Waals surface area contributed by atoms with Crippen LogP contribution in [-0.4, -0.2) is 32.8 Å². The first-order valence-electron chi connectivity index (χ1n) is 7.36. The maximum atomic E-state index is 10.2. The Bertz CT molecular complexity index is 475. The molecule has 0 aliphatic heterocycles. The summed E-state index contributed by atoms with van der Waals surface area (Å²) in [4.78, 5) is 9.16. The summed E-state index contributed by atoms with van der Waals surface area (Å²) in [6.45, 7) is 10.4. The van der Waals surface area contributed by atoms with Crippen LogP contribution < -0.4 is 10.6 Å². The smallest absolute Gasteiger partial charge is 0.136 e. The van der Waals surface area contributed by atoms with Gasteiger partial charge in [0.2, 0.25) is 0 Å². The van der Waals surface area contributed by atoms with Gasteiger partial charge >= 0.3 is 0 Å². The third kappa shape index (κ3) is 3.39. The molecule has 5 heteroatoms. The molecule has 0 unspecified atom stereocenters. The van der Waals surface area contributed by atoms with E-state index in [0.29, 0.717) is 5.92 Å². The standard InChI is InChI=1S/C15H26N4O/c1-6-16-11-9-12(18-13(17-11)10-7-8-10)19-14(2,3)15(4,5)20/h9-10,20H,6-8H2,1-5H3,(H2,16,17,18,19). The second-order valence-corrected chi connectivity index (χ2v) is 6.61. The van der Waals surface area contributed by atoms with E-state index in [1.807, 2.05) is 26.8 Å². The molecular weight excluding hydrogens is 252 g/mol. The third-order valence-corrected chi connectivity index (χ3v) is 4.01. The highest BCUT2D eigenvalue weighted by atomic mass is 16.3. The van der Waals surface area contributed by atoms with Crippen molar-refractivity contribution < 1.29 is 5.11 Å². The second kappa shape index (κ2) is 5.20. The fourth-order valence-corrected chi connectivity index (χ4v) is 1.80. The Morgan fingerprint density at radius 1 is 1.20 bits per heavy atom. The SMILES string of the molecule is CCNc1cc(NC(C)(C)C(C)(C)O)nc(C2CC2)n1. The average Bonchev–Trinajstić information content (AvgIpc) is 3.10. The Labute approximate surface area is 121 Å². The molecule has 5 nitrogen and oxygen atoms in total. The van der Waals surface area contributed by atoms with E-state index in [-0.39, 0.29) is 0 Å². The lowest BCUT2D eigenvalue weighted by atomic mass is 9.86. The normalized spacial score (nSPS) is 16.1. The molecule has 1 aromatic heterocycles. The quantitative estimate of drug-likeness (QED) is 0.746. The van der Waals surface area contributed by atoms with E-state index >= 15 is 0 Å². The van der Waals surface area contributed by atoms with Crippen molar-refractivity contribution in [2.75, 3.05) is 17.2 Å². The Kier molecular flexibility index (Phi) is 3.91. The molecule has 2 rings (SSSR count). The lowest BCUT2D eigenvalue weighted by Gasteiger charge is -2.38. The number of hydrogen-bond donors (Lipinski definition) is 3. The molecule has 112 valence electrons. The minimum absolute atomic E-state index is 0.480. The van der Waals surface area contributed by atoms with Crippen molar-refractivity contribution in [3.05, 3.63) is 11.9 Å². The van der Waals surface area contributed by atoms with Crippen LogP contribution in [0.4, 0.5) is 11.6 Å². The Morgan fingerprint density at radius 3 is 2.30 bits per heavy atom. The maximum absolute atomic E-state index is 10.2. The predicted molar refractivity (Wildman–Crippen MR) is 82.2 cm³/mol. The van der Waals surface area contributed by atoms with Crippen molar-refractivity contribution in [2.45, 2.75) is 64.5 Å². The number of rotatable bonds is 6. The topological polar surface area (TPSA) is 70.1 Å². The molecule has 0 amide bonds. The summed E-state index contributed by atoms with van der Waals surface area (Å²) in [6, 6.07) is 1.91. The Hall–Kier alpha value is -1.36. The molecule has 0 aromatic carbocycles. The van der Waals surface area contributed by atoms with Crippen LogP contribution in [0.1, 0.15) is 59.2 Å². The molecule has 0 bridgehead atoms. The monoisotopic (exact) mass is 278 g/mol. The van der Waals surface area contributed by atoms with Crippen molar-refractivity contribution in [1.82, 2.24) is 9.97 Å². The first kappa shape index (κ1) is 15.0. The van der Waals surface area contributed by atoms with Gasteiger partial charge in [0.1, 0.15) is 17.5 Å². The van der Waals surface area contributed by atoms with Crippen LogP contribution in [0.25, 0.3) is 0 Å². The Morgan fingerprint density at radius 2 is 1.80 bits per heavy atom. The van der Waals surface area contributed by atoms with E-state index in [1.54, 1.807) is 13.8 Å². The van der Waals surface area contributed by atoms with Crippen LogP contribution in [0.3, 0.4) is 0 Å². The van der Waals surface area contributed by atoms with E-state index in [0.717, 1.165) is 24.0 Å². The minimum Gasteiger partial charge on any atom is -0.388 e. The van der Waals surface area contributed by atoms with Gasteiger partial charge in [0.25, 0.3) is 0 Å². The van der Waals surface area contributed by atoms with E-state index in [2.05, 4.69) is 20.6 Å². The van der Waals surface area contributed by atoms with Gasteiger partial charge in [-0.25, -0.2) is 9.97 Å². The van der Waals surface area contributed by atoms with Crippen molar-refractivity contribution in [2.24, 2.45) is 0 Å². The minimum atomic E-state index is -0.851. The summed E-state index contributed by atoms with van der Waals surface area (Å²) >= 11 is 0. The molecule has 0 spiro atoms. The molecule has 3 N–H and O–H groups in total. The number of nitrogens with zero attached hydrogens (tertiary/aromatic N) is 2. The van der Waals surface area contributed by atoms with Gasteiger partial charge in [-0.2, -0.15) is 0 Å². The van der Waals surface area contributed by atoms with Gasteiger partial charge < -0.3 is 15.7 Å². The molecule has 1 aliphatic carbocycles. The second-order valence-electron chi connectivity index (χ2n) is 6.61. The highest BCUT2D eigenvalue weighted by molar-refractivity contribution is 5.49. The lowest BCUT2D eigenvalue weighted by molar-refractivity contribution is 0.0238. The van der Waals surface area contributed by atoms with Crippen molar-refractivity contribution in [3.63, 3.8) is 0 Å². The van der Waals surface area contributed by atoms with E-state index in [9.17, 15) is 5.11 Å². The van der Waals surface area contributed by atoms with Gasteiger partial charge in [-0.15, -0.1) is 0 Å². The Balaban J connectivity index is 2.26.